The number of aldehydes is 1. The van der Waals surface area contributed by atoms with E-state index in [1.165, 1.54) is 50.8 Å². The largest absolute Gasteiger partial charge is 0.317 e. The summed E-state index contributed by atoms with van der Waals surface area (Å²) in [5.74, 6) is 2.31. The number of rotatable bonds is 7. The predicted octanol–water partition coefficient (Wildman–Crippen LogP) is 3.46. The first-order chi connectivity index (χ1) is 11.8. The van der Waals surface area contributed by atoms with Crippen LogP contribution in [0.2, 0.25) is 0 Å². The summed E-state index contributed by atoms with van der Waals surface area (Å²) in [6, 6.07) is 10.0. The van der Waals surface area contributed by atoms with E-state index in [0.717, 1.165) is 36.3 Å². The van der Waals surface area contributed by atoms with Crippen LogP contribution in [0.5, 0.6) is 0 Å². The number of nitrogens with zero attached hydrogens (tertiary/aromatic N) is 1. The topological polar surface area (TPSA) is 32.1 Å². The first kappa shape index (κ1) is 16.3. The molecule has 3 fully saturated rings. The van der Waals surface area contributed by atoms with Gasteiger partial charge in [0.2, 0.25) is 0 Å². The molecule has 5 atom stereocenters. The number of fused-ring (bicyclic) bond motifs is 1. The molecule has 3 aliphatic rings. The molecule has 4 rings (SSSR count). The van der Waals surface area contributed by atoms with Crippen LogP contribution in [-0.4, -0.2) is 42.9 Å². The molecule has 0 bridgehead atoms. The van der Waals surface area contributed by atoms with Crippen LogP contribution in [0.3, 0.4) is 0 Å². The van der Waals surface area contributed by atoms with Gasteiger partial charge in [-0.1, -0.05) is 44.0 Å². The Labute approximate surface area is 145 Å². The highest BCUT2D eigenvalue weighted by Gasteiger charge is 2.54. The molecular weight excluding hydrogens is 296 g/mol. The van der Waals surface area contributed by atoms with E-state index in [1.54, 1.807) is 0 Å². The van der Waals surface area contributed by atoms with E-state index in [9.17, 15) is 4.79 Å². The maximum atomic E-state index is 11.0. The summed E-state index contributed by atoms with van der Waals surface area (Å²) in [5.41, 5.74) is 2.26. The zero-order chi connectivity index (χ0) is 16.5. The summed E-state index contributed by atoms with van der Waals surface area (Å²) in [6.07, 6.45) is 7.85. The minimum atomic E-state index is 0.657. The molecule has 2 heterocycles. The Morgan fingerprint density at radius 2 is 2.00 bits per heavy atom. The van der Waals surface area contributed by atoms with Crippen LogP contribution < -0.4 is 5.32 Å². The third kappa shape index (κ3) is 3.04. The van der Waals surface area contributed by atoms with Gasteiger partial charge in [0, 0.05) is 30.1 Å². The summed E-state index contributed by atoms with van der Waals surface area (Å²) in [4.78, 5) is 13.7. The number of benzene rings is 1. The Bertz CT molecular complexity index is 564. The molecule has 3 nitrogen and oxygen atoms in total. The van der Waals surface area contributed by atoms with Gasteiger partial charge in [-0.3, -0.25) is 9.69 Å². The number of nitrogens with one attached hydrogen (secondary N) is 1. The Kier molecular flexibility index (Phi) is 4.73. The second-order valence-corrected chi connectivity index (χ2v) is 7.99. The van der Waals surface area contributed by atoms with Crippen molar-refractivity contribution in [1.29, 1.82) is 0 Å². The molecule has 1 N–H and O–H groups in total. The summed E-state index contributed by atoms with van der Waals surface area (Å²) in [7, 11) is 0. The van der Waals surface area contributed by atoms with Gasteiger partial charge in [-0.25, -0.2) is 0 Å². The first-order valence-corrected chi connectivity index (χ1v) is 9.83. The molecule has 1 aliphatic carbocycles. The van der Waals surface area contributed by atoms with Gasteiger partial charge >= 0.3 is 0 Å². The van der Waals surface area contributed by atoms with E-state index < -0.39 is 0 Å². The lowest BCUT2D eigenvalue weighted by Gasteiger charge is -2.32. The van der Waals surface area contributed by atoms with Gasteiger partial charge in [0.1, 0.15) is 6.29 Å². The van der Waals surface area contributed by atoms with Crippen molar-refractivity contribution in [3.8, 4) is 0 Å². The van der Waals surface area contributed by atoms with Gasteiger partial charge in [0.25, 0.3) is 0 Å². The predicted molar refractivity (Wildman–Crippen MR) is 97.5 cm³/mol. The molecule has 130 valence electrons. The summed E-state index contributed by atoms with van der Waals surface area (Å²) in [6.45, 7) is 5.76. The molecule has 1 saturated carbocycles. The third-order valence-electron chi connectivity index (χ3n) is 6.64. The third-order valence-corrected chi connectivity index (χ3v) is 6.64. The second-order valence-electron chi connectivity index (χ2n) is 7.99. The Morgan fingerprint density at radius 3 is 2.67 bits per heavy atom. The molecule has 1 aromatic rings. The summed E-state index contributed by atoms with van der Waals surface area (Å²) >= 11 is 0. The van der Waals surface area contributed by atoms with Gasteiger partial charge in [-0.05, 0) is 49.8 Å². The van der Waals surface area contributed by atoms with Crippen LogP contribution in [0, 0.1) is 11.8 Å². The fraction of sp³-hybridized carbons (Fsp3) is 0.667. The highest BCUT2D eigenvalue weighted by molar-refractivity contribution is 5.74. The van der Waals surface area contributed by atoms with Crippen LogP contribution >= 0.6 is 0 Å². The minimum absolute atomic E-state index is 0.657. The van der Waals surface area contributed by atoms with Crippen molar-refractivity contribution < 1.29 is 4.79 Å². The number of piperidine rings is 1. The van der Waals surface area contributed by atoms with Crippen molar-refractivity contribution in [2.75, 3.05) is 19.6 Å². The van der Waals surface area contributed by atoms with Gasteiger partial charge in [0.05, 0.1) is 0 Å². The molecule has 0 spiro atoms. The van der Waals surface area contributed by atoms with Crippen LogP contribution in [0.1, 0.15) is 60.9 Å². The van der Waals surface area contributed by atoms with Crippen LogP contribution in [-0.2, 0) is 0 Å². The van der Waals surface area contributed by atoms with E-state index in [-0.39, 0.29) is 0 Å². The lowest BCUT2D eigenvalue weighted by Crippen LogP contribution is -2.31. The molecule has 24 heavy (non-hydrogen) atoms. The summed E-state index contributed by atoms with van der Waals surface area (Å²) < 4.78 is 0. The molecule has 0 aromatic heterocycles. The van der Waals surface area contributed by atoms with E-state index in [4.69, 9.17) is 0 Å². The van der Waals surface area contributed by atoms with E-state index in [1.807, 2.05) is 12.1 Å². The normalized spacial score (nSPS) is 33.4. The minimum Gasteiger partial charge on any atom is -0.317 e. The maximum absolute atomic E-state index is 11.0. The van der Waals surface area contributed by atoms with Crippen molar-refractivity contribution in [1.82, 2.24) is 10.2 Å². The monoisotopic (exact) mass is 326 g/mol. The lowest BCUT2D eigenvalue weighted by molar-refractivity contribution is 0.112. The smallest absolute Gasteiger partial charge is 0.150 e. The number of hydrogen-bond donors (Lipinski definition) is 1. The molecule has 0 amide bonds. The molecule has 0 radical (unpaired) electrons. The Morgan fingerprint density at radius 1 is 1.25 bits per heavy atom. The van der Waals surface area contributed by atoms with Crippen LogP contribution in [0.4, 0.5) is 0 Å². The van der Waals surface area contributed by atoms with Crippen molar-refractivity contribution in [2.45, 2.75) is 57.0 Å². The van der Waals surface area contributed by atoms with Crippen molar-refractivity contribution in [3.63, 3.8) is 0 Å². The Balaban J connectivity index is 1.55. The first-order valence-electron chi connectivity index (χ1n) is 9.83. The van der Waals surface area contributed by atoms with Crippen LogP contribution in [0.25, 0.3) is 0 Å². The van der Waals surface area contributed by atoms with Crippen molar-refractivity contribution in [3.05, 3.63) is 35.4 Å². The molecular formula is C21H30N2O. The average Bonchev–Trinajstić information content (AvgIpc) is 3.08. The highest BCUT2D eigenvalue weighted by atomic mass is 16.1. The standard InChI is InChI=1S/C21H30N2O/c1-2-22-12-18-11-19(23-13-20(18)23)21(16-5-3-4-6-16)17-9-7-15(14-24)8-10-17/h7-10,14,16,18-22H,2-6,11-13H2,1H3/t18-,19-,20+,21-,23?/m1/s1. The van der Waals surface area contributed by atoms with Crippen LogP contribution in [0.15, 0.2) is 24.3 Å². The fourth-order valence-electron chi connectivity index (χ4n) is 5.40. The van der Waals surface area contributed by atoms with Crippen molar-refractivity contribution >= 4 is 6.29 Å². The van der Waals surface area contributed by atoms with E-state index in [2.05, 4.69) is 29.3 Å². The Hall–Kier alpha value is -1.19. The second kappa shape index (κ2) is 6.97. The van der Waals surface area contributed by atoms with Crippen molar-refractivity contribution in [2.24, 2.45) is 11.8 Å². The lowest BCUT2D eigenvalue weighted by atomic mass is 9.77. The highest BCUT2D eigenvalue weighted by Crippen LogP contribution is 2.50. The maximum Gasteiger partial charge on any atom is 0.150 e. The number of carbonyl (C=O) groups excluding carboxylic acids is 1. The van der Waals surface area contributed by atoms with E-state index in [0.29, 0.717) is 12.0 Å². The average molecular weight is 326 g/mol. The quantitative estimate of drug-likeness (QED) is 0.615. The fourth-order valence-corrected chi connectivity index (χ4v) is 5.40. The zero-order valence-electron chi connectivity index (χ0n) is 14.8. The van der Waals surface area contributed by atoms with E-state index >= 15 is 0 Å². The number of hydrogen-bond acceptors (Lipinski definition) is 3. The van der Waals surface area contributed by atoms with Gasteiger partial charge in [-0.15, -0.1) is 0 Å². The molecule has 3 heteroatoms. The number of carbonyl (C=O) groups is 1. The zero-order valence-corrected chi connectivity index (χ0v) is 14.8. The molecule has 2 aliphatic heterocycles. The summed E-state index contributed by atoms with van der Waals surface area (Å²) in [5, 5.41) is 3.57. The molecule has 2 saturated heterocycles. The molecule has 1 aromatic carbocycles. The van der Waals surface area contributed by atoms with Gasteiger partial charge in [-0.2, -0.15) is 0 Å². The molecule has 1 unspecified atom stereocenters. The SMILES string of the molecule is CCNC[C@H]1C[C@H]([C@@H](c2ccc(C=O)cc2)C2CCCC2)N2C[C@@H]12. The van der Waals surface area contributed by atoms with Gasteiger partial charge < -0.3 is 5.32 Å². The van der Waals surface area contributed by atoms with Gasteiger partial charge in [0.15, 0.2) is 0 Å².